The second-order valence-corrected chi connectivity index (χ2v) is 6.33. The van der Waals surface area contributed by atoms with Crippen molar-refractivity contribution in [1.82, 2.24) is 0 Å². The molecule has 2 rings (SSSR count). The highest BCUT2D eigenvalue weighted by molar-refractivity contribution is 6.32. The van der Waals surface area contributed by atoms with Gasteiger partial charge >= 0.3 is 0 Å². The number of nitrogens with zero attached hydrogens (tertiary/aromatic N) is 2. The van der Waals surface area contributed by atoms with Crippen LogP contribution in [0.4, 0.5) is 5.69 Å². The van der Waals surface area contributed by atoms with Gasteiger partial charge in [-0.2, -0.15) is 10.5 Å². The molecule has 142 valence electrons. The SMILES string of the molecule is COc1cc(/C=C(\C#N)C(=O)Nc2cc(C)ccc2C)cc(Cl)c1OCC#N. The van der Waals surface area contributed by atoms with Crippen molar-refractivity contribution >= 4 is 29.3 Å². The van der Waals surface area contributed by atoms with Crippen LogP contribution >= 0.6 is 11.6 Å². The van der Waals surface area contributed by atoms with E-state index < -0.39 is 5.91 Å². The summed E-state index contributed by atoms with van der Waals surface area (Å²) < 4.78 is 10.5. The Morgan fingerprint density at radius 3 is 2.64 bits per heavy atom. The molecule has 0 saturated carbocycles. The van der Waals surface area contributed by atoms with Crippen molar-refractivity contribution in [1.29, 1.82) is 10.5 Å². The number of methoxy groups -OCH3 is 1. The molecule has 0 atom stereocenters. The van der Waals surface area contributed by atoms with E-state index in [2.05, 4.69) is 5.32 Å². The quantitative estimate of drug-likeness (QED) is 0.577. The topological polar surface area (TPSA) is 95.1 Å². The van der Waals surface area contributed by atoms with Gasteiger partial charge in [0.2, 0.25) is 0 Å². The molecule has 2 aromatic rings. The van der Waals surface area contributed by atoms with E-state index in [0.717, 1.165) is 11.1 Å². The summed E-state index contributed by atoms with van der Waals surface area (Å²) in [7, 11) is 1.43. The molecule has 0 radical (unpaired) electrons. The molecule has 0 spiro atoms. The molecule has 0 bridgehead atoms. The molecule has 7 heteroatoms. The lowest BCUT2D eigenvalue weighted by atomic mass is 10.1. The van der Waals surface area contributed by atoms with Crippen LogP contribution in [0.25, 0.3) is 6.08 Å². The summed E-state index contributed by atoms with van der Waals surface area (Å²) in [4.78, 5) is 12.5. The Hall–Kier alpha value is -3.48. The predicted molar refractivity (Wildman–Crippen MR) is 107 cm³/mol. The molecule has 0 aliphatic rings. The van der Waals surface area contributed by atoms with E-state index in [1.807, 2.05) is 44.2 Å². The first kappa shape index (κ1) is 20.8. The third kappa shape index (κ3) is 5.03. The minimum absolute atomic E-state index is 0.0929. The monoisotopic (exact) mass is 395 g/mol. The second kappa shape index (κ2) is 9.45. The molecule has 6 nitrogen and oxygen atoms in total. The second-order valence-electron chi connectivity index (χ2n) is 5.92. The maximum Gasteiger partial charge on any atom is 0.266 e. The van der Waals surface area contributed by atoms with Crippen molar-refractivity contribution in [2.75, 3.05) is 19.0 Å². The number of ether oxygens (including phenoxy) is 2. The average Bonchev–Trinajstić information content (AvgIpc) is 2.67. The summed E-state index contributed by atoms with van der Waals surface area (Å²) in [5.41, 5.74) is 2.92. The first-order chi connectivity index (χ1) is 13.4. The van der Waals surface area contributed by atoms with E-state index in [-0.39, 0.29) is 23.0 Å². The van der Waals surface area contributed by atoms with Gasteiger partial charge in [0.1, 0.15) is 17.7 Å². The fourth-order valence-corrected chi connectivity index (χ4v) is 2.72. The molecule has 0 fully saturated rings. The van der Waals surface area contributed by atoms with Crippen LogP contribution in [0.5, 0.6) is 11.5 Å². The molecule has 28 heavy (non-hydrogen) atoms. The lowest BCUT2D eigenvalue weighted by molar-refractivity contribution is -0.112. The van der Waals surface area contributed by atoms with Gasteiger partial charge in [0.15, 0.2) is 18.1 Å². The molecule has 1 amide bonds. The van der Waals surface area contributed by atoms with Gasteiger partial charge in [-0.1, -0.05) is 23.7 Å². The number of nitrogens with one attached hydrogen (secondary N) is 1. The highest BCUT2D eigenvalue weighted by Crippen LogP contribution is 2.37. The summed E-state index contributed by atoms with van der Waals surface area (Å²) in [5, 5.41) is 21.0. The standard InChI is InChI=1S/C21H18ClN3O3/c1-13-4-5-14(2)18(8-13)25-21(26)16(12-24)9-15-10-17(22)20(28-7-6-23)19(11-15)27-3/h4-5,8-11H,7H2,1-3H3,(H,25,26)/b16-9+. The van der Waals surface area contributed by atoms with Gasteiger partial charge in [-0.25, -0.2) is 0 Å². The van der Waals surface area contributed by atoms with Crippen LogP contribution in [0.1, 0.15) is 16.7 Å². The summed E-state index contributed by atoms with van der Waals surface area (Å²) in [6.45, 7) is 3.60. The Balaban J connectivity index is 2.34. The maximum absolute atomic E-state index is 12.5. The Morgan fingerprint density at radius 1 is 1.25 bits per heavy atom. The van der Waals surface area contributed by atoms with Gasteiger partial charge in [0.25, 0.3) is 5.91 Å². The summed E-state index contributed by atoms with van der Waals surface area (Å²) >= 11 is 6.20. The van der Waals surface area contributed by atoms with Crippen LogP contribution in [-0.4, -0.2) is 19.6 Å². The molecule has 0 saturated heterocycles. The molecule has 0 unspecified atom stereocenters. The molecule has 0 aliphatic heterocycles. The van der Waals surface area contributed by atoms with E-state index in [1.54, 1.807) is 6.07 Å². The highest BCUT2D eigenvalue weighted by atomic mass is 35.5. The van der Waals surface area contributed by atoms with Gasteiger partial charge in [0.05, 0.1) is 12.1 Å². The Bertz CT molecular complexity index is 1020. The number of aryl methyl sites for hydroxylation is 2. The predicted octanol–water partition coefficient (Wildman–Crippen LogP) is 4.41. The zero-order valence-corrected chi connectivity index (χ0v) is 16.4. The van der Waals surface area contributed by atoms with Crippen molar-refractivity contribution in [2.24, 2.45) is 0 Å². The average molecular weight is 396 g/mol. The van der Waals surface area contributed by atoms with Crippen LogP contribution < -0.4 is 14.8 Å². The number of benzene rings is 2. The molecule has 0 heterocycles. The lowest BCUT2D eigenvalue weighted by Crippen LogP contribution is -2.14. The van der Waals surface area contributed by atoms with Crippen LogP contribution in [0.2, 0.25) is 5.02 Å². The maximum atomic E-state index is 12.5. The number of hydrogen-bond donors (Lipinski definition) is 1. The fraction of sp³-hybridized carbons (Fsp3) is 0.190. The normalized spacial score (nSPS) is 10.6. The Morgan fingerprint density at radius 2 is 2.00 bits per heavy atom. The number of rotatable bonds is 6. The molecule has 0 aromatic heterocycles. The number of amides is 1. The third-order valence-electron chi connectivity index (χ3n) is 3.85. The van der Waals surface area contributed by atoms with E-state index >= 15 is 0 Å². The van der Waals surface area contributed by atoms with Crippen molar-refractivity contribution in [2.45, 2.75) is 13.8 Å². The zero-order valence-electron chi connectivity index (χ0n) is 15.7. The van der Waals surface area contributed by atoms with E-state index in [4.69, 9.17) is 26.3 Å². The molecule has 0 aliphatic carbocycles. The van der Waals surface area contributed by atoms with Gasteiger partial charge in [-0.05, 0) is 54.8 Å². The van der Waals surface area contributed by atoms with Crippen molar-refractivity contribution in [3.8, 4) is 23.6 Å². The first-order valence-electron chi connectivity index (χ1n) is 8.27. The zero-order chi connectivity index (χ0) is 20.7. The molecule has 2 aromatic carbocycles. The smallest absolute Gasteiger partial charge is 0.266 e. The number of hydrogen-bond acceptors (Lipinski definition) is 5. The highest BCUT2D eigenvalue weighted by Gasteiger charge is 2.15. The van der Waals surface area contributed by atoms with Gasteiger partial charge in [-0.3, -0.25) is 4.79 Å². The van der Waals surface area contributed by atoms with E-state index in [9.17, 15) is 10.1 Å². The minimum Gasteiger partial charge on any atom is -0.493 e. The van der Waals surface area contributed by atoms with Crippen LogP contribution in [0.3, 0.4) is 0 Å². The number of anilines is 1. The third-order valence-corrected chi connectivity index (χ3v) is 4.13. The molecular weight excluding hydrogens is 378 g/mol. The summed E-state index contributed by atoms with van der Waals surface area (Å²) in [6.07, 6.45) is 1.41. The number of carbonyl (C=O) groups is 1. The van der Waals surface area contributed by atoms with Gasteiger partial charge in [0, 0.05) is 5.69 Å². The number of carbonyl (C=O) groups excluding carboxylic acids is 1. The van der Waals surface area contributed by atoms with Gasteiger partial charge in [-0.15, -0.1) is 0 Å². The summed E-state index contributed by atoms with van der Waals surface area (Å²) in [5.74, 6) is -0.0152. The van der Waals surface area contributed by atoms with E-state index in [0.29, 0.717) is 17.0 Å². The van der Waals surface area contributed by atoms with E-state index in [1.165, 1.54) is 19.3 Å². The Kier molecular flexibility index (Phi) is 7.03. The first-order valence-corrected chi connectivity index (χ1v) is 8.65. The minimum atomic E-state index is -0.531. The van der Waals surface area contributed by atoms with Crippen molar-refractivity contribution in [3.63, 3.8) is 0 Å². The summed E-state index contributed by atoms with van der Waals surface area (Å²) in [6, 6.07) is 12.5. The molecular formula is C21H18ClN3O3. The van der Waals surface area contributed by atoms with Crippen molar-refractivity contribution < 1.29 is 14.3 Å². The number of nitriles is 2. The fourth-order valence-electron chi connectivity index (χ4n) is 2.44. The molecule has 1 N–H and O–H groups in total. The number of halogens is 1. The van der Waals surface area contributed by atoms with Crippen molar-refractivity contribution in [3.05, 3.63) is 57.6 Å². The van der Waals surface area contributed by atoms with Gasteiger partial charge < -0.3 is 14.8 Å². The largest absolute Gasteiger partial charge is 0.493 e. The van der Waals surface area contributed by atoms with Crippen LogP contribution in [0, 0.1) is 36.5 Å². The Labute approximate surface area is 168 Å². The lowest BCUT2D eigenvalue weighted by Gasteiger charge is -2.12. The van der Waals surface area contributed by atoms with Crippen LogP contribution in [0.15, 0.2) is 35.9 Å². The van der Waals surface area contributed by atoms with Crippen LogP contribution in [-0.2, 0) is 4.79 Å².